The molecule has 1 amide bonds. The van der Waals surface area contributed by atoms with Gasteiger partial charge in [0.1, 0.15) is 11.5 Å². The third-order valence-corrected chi connectivity index (χ3v) is 3.01. The van der Waals surface area contributed by atoms with E-state index in [1.54, 1.807) is 25.3 Å². The number of amides is 1. The lowest BCUT2D eigenvalue weighted by molar-refractivity contribution is 0.102. The second-order valence-electron chi connectivity index (χ2n) is 4.62. The summed E-state index contributed by atoms with van der Waals surface area (Å²) in [6.45, 7) is 4.44. The van der Waals surface area contributed by atoms with Gasteiger partial charge in [-0.05, 0) is 49.7 Å². The summed E-state index contributed by atoms with van der Waals surface area (Å²) in [7, 11) is 1.58. The number of benzene rings is 2. The Labute approximate surface area is 124 Å². The van der Waals surface area contributed by atoms with Gasteiger partial charge < -0.3 is 14.8 Å². The molecule has 21 heavy (non-hydrogen) atoms. The minimum atomic E-state index is -0.194. The van der Waals surface area contributed by atoms with Gasteiger partial charge in [0.15, 0.2) is 0 Å². The normalized spacial score (nSPS) is 10.0. The Balaban J connectivity index is 2.21. The summed E-state index contributed by atoms with van der Waals surface area (Å²) in [5, 5.41) is 2.87. The summed E-state index contributed by atoms with van der Waals surface area (Å²) in [5.74, 6) is 1.12. The lowest BCUT2D eigenvalue weighted by Crippen LogP contribution is -2.13. The van der Waals surface area contributed by atoms with E-state index in [1.165, 1.54) is 0 Å². The molecule has 2 aromatic rings. The van der Waals surface area contributed by atoms with Gasteiger partial charge in [0.25, 0.3) is 5.91 Å². The van der Waals surface area contributed by atoms with Crippen molar-refractivity contribution in [2.75, 3.05) is 19.0 Å². The van der Waals surface area contributed by atoms with Gasteiger partial charge >= 0.3 is 0 Å². The molecule has 0 atom stereocenters. The Morgan fingerprint density at radius 1 is 1.19 bits per heavy atom. The molecule has 110 valence electrons. The van der Waals surface area contributed by atoms with Crippen molar-refractivity contribution in [1.82, 2.24) is 0 Å². The fraction of sp³-hybridized carbons (Fsp3) is 0.235. The van der Waals surface area contributed by atoms with Crippen LogP contribution in [0.25, 0.3) is 0 Å². The van der Waals surface area contributed by atoms with Crippen molar-refractivity contribution >= 4 is 11.6 Å². The molecule has 0 heterocycles. The third kappa shape index (κ3) is 3.75. The Bertz CT molecular complexity index is 638. The summed E-state index contributed by atoms with van der Waals surface area (Å²) in [6.07, 6.45) is 0. The number of anilines is 1. The van der Waals surface area contributed by atoms with E-state index in [0.717, 1.165) is 5.56 Å². The first kappa shape index (κ1) is 14.9. The number of methoxy groups -OCH3 is 1. The van der Waals surface area contributed by atoms with Crippen molar-refractivity contribution in [3.05, 3.63) is 53.6 Å². The topological polar surface area (TPSA) is 47.6 Å². The van der Waals surface area contributed by atoms with Gasteiger partial charge in [-0.25, -0.2) is 0 Å². The van der Waals surface area contributed by atoms with E-state index in [1.807, 2.05) is 38.1 Å². The minimum absolute atomic E-state index is 0.194. The Kier molecular flexibility index (Phi) is 4.82. The van der Waals surface area contributed by atoms with Crippen molar-refractivity contribution in [3.63, 3.8) is 0 Å². The SMILES string of the molecule is CCOc1cccc(C(=O)Nc2cc(C)ccc2OC)c1. The fourth-order valence-electron chi connectivity index (χ4n) is 2.01. The first-order valence-electron chi connectivity index (χ1n) is 6.83. The second kappa shape index (κ2) is 6.79. The van der Waals surface area contributed by atoms with E-state index < -0.39 is 0 Å². The minimum Gasteiger partial charge on any atom is -0.495 e. The maximum absolute atomic E-state index is 12.3. The second-order valence-corrected chi connectivity index (χ2v) is 4.62. The smallest absolute Gasteiger partial charge is 0.255 e. The van der Waals surface area contributed by atoms with Crippen LogP contribution < -0.4 is 14.8 Å². The highest BCUT2D eigenvalue weighted by molar-refractivity contribution is 6.05. The van der Waals surface area contributed by atoms with Crippen LogP contribution in [0, 0.1) is 6.92 Å². The molecule has 0 radical (unpaired) electrons. The summed E-state index contributed by atoms with van der Waals surface area (Å²) < 4.78 is 10.7. The van der Waals surface area contributed by atoms with Crippen LogP contribution in [0.4, 0.5) is 5.69 Å². The summed E-state index contributed by atoms with van der Waals surface area (Å²) >= 11 is 0. The molecule has 4 nitrogen and oxygen atoms in total. The highest BCUT2D eigenvalue weighted by Crippen LogP contribution is 2.26. The lowest BCUT2D eigenvalue weighted by Gasteiger charge is -2.11. The molecule has 0 aliphatic heterocycles. The van der Waals surface area contributed by atoms with Crippen molar-refractivity contribution in [2.24, 2.45) is 0 Å². The van der Waals surface area contributed by atoms with Crippen molar-refractivity contribution in [3.8, 4) is 11.5 Å². The maximum Gasteiger partial charge on any atom is 0.255 e. The predicted octanol–water partition coefficient (Wildman–Crippen LogP) is 3.65. The summed E-state index contributed by atoms with van der Waals surface area (Å²) in [4.78, 5) is 12.3. The van der Waals surface area contributed by atoms with Crippen LogP contribution in [0.3, 0.4) is 0 Å². The standard InChI is InChI=1S/C17H19NO3/c1-4-21-14-7-5-6-13(11-14)17(19)18-15-10-12(2)8-9-16(15)20-3/h5-11H,4H2,1-3H3,(H,18,19). The third-order valence-electron chi connectivity index (χ3n) is 3.01. The van der Waals surface area contributed by atoms with Crippen LogP contribution in [-0.4, -0.2) is 19.6 Å². The molecule has 0 spiro atoms. The van der Waals surface area contributed by atoms with Gasteiger partial charge in [0, 0.05) is 5.56 Å². The number of ether oxygens (including phenoxy) is 2. The molecule has 0 fully saturated rings. The van der Waals surface area contributed by atoms with E-state index in [2.05, 4.69) is 5.32 Å². The van der Waals surface area contributed by atoms with E-state index in [9.17, 15) is 4.79 Å². The Morgan fingerprint density at radius 2 is 2.00 bits per heavy atom. The van der Waals surface area contributed by atoms with Gasteiger partial charge in [-0.15, -0.1) is 0 Å². The highest BCUT2D eigenvalue weighted by Gasteiger charge is 2.10. The van der Waals surface area contributed by atoms with Crippen LogP contribution in [0.15, 0.2) is 42.5 Å². The van der Waals surface area contributed by atoms with Gasteiger partial charge in [0.2, 0.25) is 0 Å². The molecule has 2 rings (SSSR count). The van der Waals surface area contributed by atoms with Crippen LogP contribution in [0.1, 0.15) is 22.8 Å². The van der Waals surface area contributed by atoms with E-state index in [-0.39, 0.29) is 5.91 Å². The van der Waals surface area contributed by atoms with Crippen molar-refractivity contribution in [2.45, 2.75) is 13.8 Å². The largest absolute Gasteiger partial charge is 0.495 e. The number of carbonyl (C=O) groups excluding carboxylic acids is 1. The molecule has 0 unspecified atom stereocenters. The lowest BCUT2D eigenvalue weighted by atomic mass is 10.1. The number of aryl methyl sites for hydroxylation is 1. The maximum atomic E-state index is 12.3. The van der Waals surface area contributed by atoms with Gasteiger partial charge in [-0.3, -0.25) is 4.79 Å². The average Bonchev–Trinajstić information content (AvgIpc) is 2.48. The number of carbonyl (C=O) groups is 1. The highest BCUT2D eigenvalue weighted by atomic mass is 16.5. The molecule has 0 aromatic heterocycles. The zero-order valence-corrected chi connectivity index (χ0v) is 12.5. The van der Waals surface area contributed by atoms with E-state index in [0.29, 0.717) is 29.4 Å². The fourth-order valence-corrected chi connectivity index (χ4v) is 2.01. The van der Waals surface area contributed by atoms with Crippen molar-refractivity contribution < 1.29 is 14.3 Å². The first-order valence-corrected chi connectivity index (χ1v) is 6.83. The van der Waals surface area contributed by atoms with Crippen LogP contribution in [0.2, 0.25) is 0 Å². The Hall–Kier alpha value is -2.49. The molecular formula is C17H19NO3. The number of hydrogen-bond donors (Lipinski definition) is 1. The number of rotatable bonds is 5. The number of hydrogen-bond acceptors (Lipinski definition) is 3. The first-order chi connectivity index (χ1) is 10.1. The van der Waals surface area contributed by atoms with Gasteiger partial charge in [-0.1, -0.05) is 12.1 Å². The van der Waals surface area contributed by atoms with Crippen LogP contribution in [0.5, 0.6) is 11.5 Å². The molecular weight excluding hydrogens is 266 g/mol. The molecule has 4 heteroatoms. The van der Waals surface area contributed by atoms with Crippen molar-refractivity contribution in [1.29, 1.82) is 0 Å². The molecule has 0 bridgehead atoms. The molecule has 1 N–H and O–H groups in total. The number of nitrogens with one attached hydrogen (secondary N) is 1. The molecule has 0 aliphatic carbocycles. The molecule has 0 aliphatic rings. The predicted molar refractivity (Wildman–Crippen MR) is 83.3 cm³/mol. The zero-order valence-electron chi connectivity index (χ0n) is 12.5. The van der Waals surface area contributed by atoms with Crippen LogP contribution in [-0.2, 0) is 0 Å². The summed E-state index contributed by atoms with van der Waals surface area (Å²) in [5.41, 5.74) is 2.25. The van der Waals surface area contributed by atoms with Crippen LogP contribution >= 0.6 is 0 Å². The Morgan fingerprint density at radius 3 is 2.71 bits per heavy atom. The quantitative estimate of drug-likeness (QED) is 0.912. The zero-order chi connectivity index (χ0) is 15.2. The van der Waals surface area contributed by atoms with Gasteiger partial charge in [-0.2, -0.15) is 0 Å². The monoisotopic (exact) mass is 285 g/mol. The molecule has 2 aromatic carbocycles. The van der Waals surface area contributed by atoms with Gasteiger partial charge in [0.05, 0.1) is 19.4 Å². The molecule has 0 saturated carbocycles. The van der Waals surface area contributed by atoms with E-state index in [4.69, 9.17) is 9.47 Å². The average molecular weight is 285 g/mol. The van der Waals surface area contributed by atoms with E-state index >= 15 is 0 Å². The summed E-state index contributed by atoms with van der Waals surface area (Å²) in [6, 6.07) is 12.7. The molecule has 0 saturated heterocycles.